The maximum atomic E-state index is 12.9. The third-order valence-electron chi connectivity index (χ3n) is 2.70. The van der Waals surface area contributed by atoms with Crippen LogP contribution in [0.5, 0.6) is 0 Å². The number of aldehydes is 1. The van der Waals surface area contributed by atoms with Gasteiger partial charge in [0.15, 0.2) is 16.1 Å². The summed E-state index contributed by atoms with van der Waals surface area (Å²) in [6, 6.07) is 10.1. The minimum absolute atomic E-state index is 0.0309. The molecule has 5 heteroatoms. The summed E-state index contributed by atoms with van der Waals surface area (Å²) in [6.45, 7) is 0. The first-order valence-electron chi connectivity index (χ1n) is 5.47. The van der Waals surface area contributed by atoms with Crippen LogP contribution in [0, 0.1) is 5.82 Å². The minimum atomic E-state index is -3.56. The molecule has 0 saturated carbocycles. The molecule has 3 nitrogen and oxygen atoms in total. The molecule has 0 amide bonds. The number of hydrogen-bond donors (Lipinski definition) is 0. The number of sulfone groups is 1. The molecule has 0 radical (unpaired) electrons. The van der Waals surface area contributed by atoms with Gasteiger partial charge in [0, 0.05) is 17.4 Å². The third kappa shape index (κ3) is 2.71. The zero-order valence-electron chi connectivity index (χ0n) is 10.1. The predicted molar refractivity (Wildman–Crippen MR) is 70.3 cm³/mol. The van der Waals surface area contributed by atoms with Crippen LogP contribution in [0.25, 0.3) is 11.1 Å². The Kier molecular flexibility index (Phi) is 3.48. The topological polar surface area (TPSA) is 51.2 Å². The fourth-order valence-corrected chi connectivity index (χ4v) is 3.05. The van der Waals surface area contributed by atoms with Gasteiger partial charge in [0.05, 0.1) is 4.90 Å². The van der Waals surface area contributed by atoms with Crippen LogP contribution < -0.4 is 0 Å². The number of hydrogen-bond acceptors (Lipinski definition) is 3. The quantitative estimate of drug-likeness (QED) is 0.811. The smallest absolute Gasteiger partial charge is 0.176 e. The first-order chi connectivity index (χ1) is 8.93. The third-order valence-corrected chi connectivity index (χ3v) is 3.90. The molecule has 0 spiro atoms. The minimum Gasteiger partial charge on any atom is -0.298 e. The van der Waals surface area contributed by atoms with Gasteiger partial charge >= 0.3 is 0 Å². The molecule has 0 N–H and O–H groups in total. The lowest BCUT2D eigenvalue weighted by Gasteiger charge is -2.10. The Hall–Kier alpha value is -2.01. The van der Waals surface area contributed by atoms with Crippen LogP contribution in [0.4, 0.5) is 4.39 Å². The zero-order valence-corrected chi connectivity index (χ0v) is 10.9. The fraction of sp³-hybridized carbons (Fsp3) is 0.0714. The van der Waals surface area contributed by atoms with Crippen LogP contribution in [-0.2, 0) is 9.84 Å². The van der Waals surface area contributed by atoms with E-state index in [1.807, 2.05) is 0 Å². The Labute approximate surface area is 110 Å². The molecule has 0 fully saturated rings. The number of halogens is 1. The molecule has 2 aromatic carbocycles. The van der Waals surface area contributed by atoms with Gasteiger partial charge in [-0.05, 0) is 17.7 Å². The van der Waals surface area contributed by atoms with Crippen molar-refractivity contribution >= 4 is 16.1 Å². The Bertz CT molecular complexity index is 719. The highest BCUT2D eigenvalue weighted by atomic mass is 32.2. The van der Waals surface area contributed by atoms with Gasteiger partial charge in [-0.25, -0.2) is 12.8 Å². The van der Waals surface area contributed by atoms with Crippen molar-refractivity contribution in [3.8, 4) is 11.1 Å². The van der Waals surface area contributed by atoms with Crippen molar-refractivity contribution in [3.05, 3.63) is 53.8 Å². The van der Waals surface area contributed by atoms with E-state index in [1.165, 1.54) is 30.3 Å². The summed E-state index contributed by atoms with van der Waals surface area (Å²) < 4.78 is 36.6. The van der Waals surface area contributed by atoms with E-state index in [0.717, 1.165) is 6.26 Å². The van der Waals surface area contributed by atoms with Crippen LogP contribution in [0.1, 0.15) is 10.4 Å². The van der Waals surface area contributed by atoms with E-state index in [9.17, 15) is 17.6 Å². The highest BCUT2D eigenvalue weighted by molar-refractivity contribution is 7.91. The number of benzene rings is 2. The SMILES string of the molecule is CS(=O)(=O)c1c(C=O)cccc1-c1ccc(F)cc1. The molecule has 0 bridgehead atoms. The summed E-state index contributed by atoms with van der Waals surface area (Å²) in [4.78, 5) is 11.0. The fourth-order valence-electron chi connectivity index (χ4n) is 1.92. The second-order valence-corrected chi connectivity index (χ2v) is 6.07. The van der Waals surface area contributed by atoms with E-state index in [4.69, 9.17) is 0 Å². The lowest BCUT2D eigenvalue weighted by atomic mass is 10.0. The Morgan fingerprint density at radius 1 is 1.05 bits per heavy atom. The zero-order chi connectivity index (χ0) is 14.0. The summed E-state index contributed by atoms with van der Waals surface area (Å²) >= 11 is 0. The van der Waals surface area contributed by atoms with Crippen molar-refractivity contribution in [3.63, 3.8) is 0 Å². The first kappa shape index (κ1) is 13.4. The second kappa shape index (κ2) is 4.93. The number of carbonyl (C=O) groups is 1. The summed E-state index contributed by atoms with van der Waals surface area (Å²) in [7, 11) is -3.56. The predicted octanol–water partition coefficient (Wildman–Crippen LogP) is 2.71. The van der Waals surface area contributed by atoms with E-state index >= 15 is 0 Å². The van der Waals surface area contributed by atoms with Gasteiger partial charge < -0.3 is 0 Å². The van der Waals surface area contributed by atoms with Crippen molar-refractivity contribution in [1.82, 2.24) is 0 Å². The highest BCUT2D eigenvalue weighted by Crippen LogP contribution is 2.29. The van der Waals surface area contributed by atoms with Gasteiger partial charge in [-0.1, -0.05) is 30.3 Å². The van der Waals surface area contributed by atoms with Crippen LogP contribution in [0.2, 0.25) is 0 Å². The molecule has 0 atom stereocenters. The molecule has 2 aromatic rings. The average molecular weight is 278 g/mol. The molecule has 0 saturated heterocycles. The summed E-state index contributed by atoms with van der Waals surface area (Å²) in [5.41, 5.74) is 1.04. The Morgan fingerprint density at radius 3 is 2.21 bits per heavy atom. The molecule has 0 aliphatic heterocycles. The van der Waals surface area contributed by atoms with Gasteiger partial charge in [-0.2, -0.15) is 0 Å². The van der Waals surface area contributed by atoms with Crippen LogP contribution >= 0.6 is 0 Å². The molecule has 19 heavy (non-hydrogen) atoms. The van der Waals surface area contributed by atoms with Crippen molar-refractivity contribution < 1.29 is 17.6 Å². The van der Waals surface area contributed by atoms with E-state index < -0.39 is 15.7 Å². The molecule has 0 heterocycles. The summed E-state index contributed by atoms with van der Waals surface area (Å²) in [5.74, 6) is -0.406. The van der Waals surface area contributed by atoms with Crippen LogP contribution in [0.15, 0.2) is 47.4 Å². The van der Waals surface area contributed by atoms with Gasteiger partial charge in [0.2, 0.25) is 0 Å². The van der Waals surface area contributed by atoms with E-state index in [2.05, 4.69) is 0 Å². The lowest BCUT2D eigenvalue weighted by molar-refractivity contribution is 0.112. The largest absolute Gasteiger partial charge is 0.298 e. The Balaban J connectivity index is 2.77. The Morgan fingerprint density at radius 2 is 1.68 bits per heavy atom. The standard InChI is InChI=1S/C14H11FO3S/c1-19(17,18)14-11(9-16)3-2-4-13(14)10-5-7-12(15)8-6-10/h2-9H,1H3. The number of carbonyl (C=O) groups excluding carboxylic acids is 1. The van der Waals surface area contributed by atoms with Gasteiger partial charge in [-0.3, -0.25) is 4.79 Å². The highest BCUT2D eigenvalue weighted by Gasteiger charge is 2.18. The van der Waals surface area contributed by atoms with Crippen LogP contribution in [-0.4, -0.2) is 21.0 Å². The van der Waals surface area contributed by atoms with E-state index in [1.54, 1.807) is 12.1 Å². The van der Waals surface area contributed by atoms with Crippen molar-refractivity contribution in [2.45, 2.75) is 4.90 Å². The van der Waals surface area contributed by atoms with Gasteiger partial charge in [0.1, 0.15) is 5.82 Å². The first-order valence-corrected chi connectivity index (χ1v) is 7.37. The molecule has 0 aromatic heterocycles. The average Bonchev–Trinajstić information content (AvgIpc) is 2.37. The van der Waals surface area contributed by atoms with Crippen molar-refractivity contribution in [1.29, 1.82) is 0 Å². The lowest BCUT2D eigenvalue weighted by Crippen LogP contribution is -2.04. The van der Waals surface area contributed by atoms with Gasteiger partial charge in [0.25, 0.3) is 0 Å². The molecular weight excluding hydrogens is 267 g/mol. The molecule has 0 aliphatic rings. The molecular formula is C14H11FO3S. The summed E-state index contributed by atoms with van der Waals surface area (Å²) in [6.07, 6.45) is 1.55. The molecule has 2 rings (SSSR count). The second-order valence-electron chi connectivity index (χ2n) is 4.12. The van der Waals surface area contributed by atoms with Crippen LogP contribution in [0.3, 0.4) is 0 Å². The molecule has 0 aliphatic carbocycles. The maximum absolute atomic E-state index is 12.9. The summed E-state index contributed by atoms with van der Waals surface area (Å²) in [5, 5.41) is 0. The maximum Gasteiger partial charge on any atom is 0.176 e. The molecule has 98 valence electrons. The van der Waals surface area contributed by atoms with Gasteiger partial charge in [-0.15, -0.1) is 0 Å². The van der Waals surface area contributed by atoms with E-state index in [-0.39, 0.29) is 10.5 Å². The van der Waals surface area contributed by atoms with E-state index in [0.29, 0.717) is 17.4 Å². The van der Waals surface area contributed by atoms with Crippen molar-refractivity contribution in [2.24, 2.45) is 0 Å². The monoisotopic (exact) mass is 278 g/mol. The number of rotatable bonds is 3. The van der Waals surface area contributed by atoms with Crippen molar-refractivity contribution in [2.75, 3.05) is 6.26 Å². The normalized spacial score (nSPS) is 11.3. The molecule has 0 unspecified atom stereocenters.